The molecular weight excluding hydrogens is 454 g/mol. The summed E-state index contributed by atoms with van der Waals surface area (Å²) in [5.41, 5.74) is 1.83. The van der Waals surface area contributed by atoms with Crippen molar-refractivity contribution in [2.75, 3.05) is 65.1 Å². The third-order valence-corrected chi connectivity index (χ3v) is 6.87. The van der Waals surface area contributed by atoms with Crippen LogP contribution in [-0.2, 0) is 9.53 Å². The second-order valence-corrected chi connectivity index (χ2v) is 9.08. The van der Waals surface area contributed by atoms with Crippen molar-refractivity contribution in [1.82, 2.24) is 9.88 Å². The van der Waals surface area contributed by atoms with Crippen LogP contribution in [-0.4, -0.2) is 76.0 Å². The van der Waals surface area contributed by atoms with E-state index in [1.165, 1.54) is 11.3 Å². The van der Waals surface area contributed by atoms with E-state index in [1.54, 1.807) is 19.1 Å². The standard InChI is InChI=1S/C25H31N3O5S/c1-18-5-7-19(8-6-18)33-17-22(29)28(12-4-11-27-13-15-32-16-14-27)25-26-23-20(30-2)9-10-21(31-3)24(23)34-25/h5-10H,4,11-17H2,1-3H3. The Kier molecular flexibility index (Phi) is 8.21. The largest absolute Gasteiger partial charge is 0.495 e. The number of benzene rings is 2. The number of morpholine rings is 1. The SMILES string of the molecule is COc1ccc(OC)c2sc(N(CCCN3CCOCC3)C(=O)COc3ccc(C)cc3)nc12. The predicted molar refractivity (Wildman–Crippen MR) is 134 cm³/mol. The lowest BCUT2D eigenvalue weighted by atomic mass is 10.2. The number of fused-ring (bicyclic) bond motifs is 1. The maximum atomic E-state index is 13.3. The molecule has 182 valence electrons. The monoisotopic (exact) mass is 485 g/mol. The molecule has 0 atom stereocenters. The summed E-state index contributed by atoms with van der Waals surface area (Å²) >= 11 is 1.42. The average Bonchev–Trinajstić information content (AvgIpc) is 3.31. The second kappa shape index (κ2) is 11.5. The number of aromatic nitrogens is 1. The zero-order valence-corrected chi connectivity index (χ0v) is 20.7. The number of methoxy groups -OCH3 is 2. The Bertz CT molecular complexity index is 1050. The van der Waals surface area contributed by atoms with E-state index in [-0.39, 0.29) is 12.5 Å². The fourth-order valence-corrected chi connectivity index (χ4v) is 4.97. The molecule has 9 heteroatoms. The summed E-state index contributed by atoms with van der Waals surface area (Å²) in [5.74, 6) is 1.88. The number of hydrogen-bond acceptors (Lipinski definition) is 8. The van der Waals surface area contributed by atoms with E-state index in [0.717, 1.165) is 49.5 Å². The number of rotatable bonds is 10. The van der Waals surface area contributed by atoms with Crippen LogP contribution in [0.5, 0.6) is 17.2 Å². The number of amides is 1. The first-order valence-corrected chi connectivity index (χ1v) is 12.2. The van der Waals surface area contributed by atoms with Crippen LogP contribution in [0.25, 0.3) is 10.2 Å². The lowest BCUT2D eigenvalue weighted by molar-refractivity contribution is -0.120. The van der Waals surface area contributed by atoms with Gasteiger partial charge in [-0.2, -0.15) is 0 Å². The number of nitrogens with zero attached hydrogens (tertiary/aromatic N) is 3. The molecule has 2 heterocycles. The lowest BCUT2D eigenvalue weighted by Crippen LogP contribution is -2.40. The summed E-state index contributed by atoms with van der Waals surface area (Å²) in [4.78, 5) is 22.2. The number of carbonyl (C=O) groups excluding carboxylic acids is 1. The molecule has 4 rings (SSSR count). The fourth-order valence-electron chi connectivity index (χ4n) is 3.85. The minimum atomic E-state index is -0.139. The molecule has 0 unspecified atom stereocenters. The summed E-state index contributed by atoms with van der Waals surface area (Å²) in [7, 11) is 3.24. The maximum absolute atomic E-state index is 13.3. The Morgan fingerprint density at radius 3 is 2.50 bits per heavy atom. The van der Waals surface area contributed by atoms with Gasteiger partial charge in [-0.1, -0.05) is 29.0 Å². The Balaban J connectivity index is 1.54. The van der Waals surface area contributed by atoms with Gasteiger partial charge < -0.3 is 18.9 Å². The Morgan fingerprint density at radius 1 is 1.09 bits per heavy atom. The topological polar surface area (TPSA) is 73.4 Å². The highest BCUT2D eigenvalue weighted by Gasteiger charge is 2.23. The van der Waals surface area contributed by atoms with E-state index < -0.39 is 0 Å². The highest BCUT2D eigenvalue weighted by molar-refractivity contribution is 7.22. The molecule has 1 aliphatic heterocycles. The fraction of sp³-hybridized carbons (Fsp3) is 0.440. The summed E-state index contributed by atoms with van der Waals surface area (Å²) < 4.78 is 23.1. The number of thiazole rings is 1. The zero-order valence-electron chi connectivity index (χ0n) is 19.9. The van der Waals surface area contributed by atoms with Gasteiger partial charge >= 0.3 is 0 Å². The van der Waals surface area contributed by atoms with Crippen LogP contribution >= 0.6 is 11.3 Å². The van der Waals surface area contributed by atoms with Crippen molar-refractivity contribution in [3.05, 3.63) is 42.0 Å². The Morgan fingerprint density at radius 2 is 1.79 bits per heavy atom. The van der Waals surface area contributed by atoms with E-state index in [1.807, 2.05) is 43.3 Å². The molecule has 0 bridgehead atoms. The van der Waals surface area contributed by atoms with E-state index in [2.05, 4.69) is 4.90 Å². The second-order valence-electron chi connectivity index (χ2n) is 8.10. The van der Waals surface area contributed by atoms with E-state index >= 15 is 0 Å². The van der Waals surface area contributed by atoms with Gasteiger partial charge in [0.25, 0.3) is 5.91 Å². The van der Waals surface area contributed by atoms with Gasteiger partial charge in [-0.3, -0.25) is 14.6 Å². The van der Waals surface area contributed by atoms with Gasteiger partial charge in [-0.25, -0.2) is 4.98 Å². The molecular formula is C25H31N3O5S. The van der Waals surface area contributed by atoms with Crippen LogP contribution < -0.4 is 19.1 Å². The molecule has 1 saturated heterocycles. The minimum Gasteiger partial charge on any atom is -0.495 e. The predicted octanol–water partition coefficient (Wildman–Crippen LogP) is 3.76. The number of aryl methyl sites for hydroxylation is 1. The highest BCUT2D eigenvalue weighted by atomic mass is 32.1. The molecule has 1 amide bonds. The number of carbonyl (C=O) groups is 1. The van der Waals surface area contributed by atoms with Crippen molar-refractivity contribution in [1.29, 1.82) is 0 Å². The van der Waals surface area contributed by atoms with Gasteiger partial charge in [-0.05, 0) is 37.6 Å². The maximum Gasteiger partial charge on any atom is 0.266 e. The molecule has 0 N–H and O–H groups in total. The third-order valence-electron chi connectivity index (χ3n) is 5.77. The van der Waals surface area contributed by atoms with E-state index in [9.17, 15) is 4.79 Å². The molecule has 34 heavy (non-hydrogen) atoms. The van der Waals surface area contributed by atoms with E-state index in [0.29, 0.717) is 34.4 Å². The van der Waals surface area contributed by atoms with Gasteiger partial charge in [0.1, 0.15) is 27.5 Å². The van der Waals surface area contributed by atoms with Crippen molar-refractivity contribution >= 4 is 32.6 Å². The first kappa shape index (κ1) is 24.3. The summed E-state index contributed by atoms with van der Waals surface area (Å²) in [6, 6.07) is 11.4. The van der Waals surface area contributed by atoms with Gasteiger partial charge in [0.15, 0.2) is 11.7 Å². The first-order valence-electron chi connectivity index (χ1n) is 11.4. The van der Waals surface area contributed by atoms with Crippen molar-refractivity contribution in [3.63, 3.8) is 0 Å². The third kappa shape index (κ3) is 5.78. The molecule has 1 aliphatic rings. The van der Waals surface area contributed by atoms with Crippen LogP contribution in [0.1, 0.15) is 12.0 Å². The smallest absolute Gasteiger partial charge is 0.266 e. The first-order chi connectivity index (χ1) is 16.6. The van der Waals surface area contributed by atoms with Crippen LogP contribution in [0.2, 0.25) is 0 Å². The van der Waals surface area contributed by atoms with Gasteiger partial charge in [-0.15, -0.1) is 0 Å². The molecule has 1 aromatic heterocycles. The Hall–Kier alpha value is -2.88. The number of anilines is 1. The van der Waals surface area contributed by atoms with Crippen molar-refractivity contribution in [2.24, 2.45) is 0 Å². The normalized spacial score (nSPS) is 14.2. The highest BCUT2D eigenvalue weighted by Crippen LogP contribution is 2.40. The molecule has 1 fully saturated rings. The van der Waals surface area contributed by atoms with Crippen LogP contribution in [0, 0.1) is 6.92 Å². The molecule has 2 aromatic carbocycles. The molecule has 8 nitrogen and oxygen atoms in total. The van der Waals surface area contributed by atoms with Gasteiger partial charge in [0, 0.05) is 26.2 Å². The van der Waals surface area contributed by atoms with Crippen molar-refractivity contribution in [2.45, 2.75) is 13.3 Å². The summed E-state index contributed by atoms with van der Waals surface area (Å²) in [6.07, 6.45) is 0.820. The molecule has 3 aromatic rings. The molecule has 0 spiro atoms. The van der Waals surface area contributed by atoms with Gasteiger partial charge in [0.05, 0.1) is 27.4 Å². The molecule has 0 saturated carbocycles. The van der Waals surface area contributed by atoms with Crippen LogP contribution in [0.15, 0.2) is 36.4 Å². The minimum absolute atomic E-state index is 0.0647. The van der Waals surface area contributed by atoms with E-state index in [4.69, 9.17) is 23.9 Å². The number of hydrogen-bond donors (Lipinski definition) is 0. The van der Waals surface area contributed by atoms with Crippen LogP contribution in [0.4, 0.5) is 5.13 Å². The quantitative estimate of drug-likeness (QED) is 0.433. The number of ether oxygens (including phenoxy) is 4. The zero-order chi connectivity index (χ0) is 23.9. The molecule has 0 aliphatic carbocycles. The van der Waals surface area contributed by atoms with Crippen LogP contribution in [0.3, 0.4) is 0 Å². The van der Waals surface area contributed by atoms with Gasteiger partial charge in [0.2, 0.25) is 0 Å². The Labute approximate surface area is 204 Å². The summed E-state index contributed by atoms with van der Waals surface area (Å²) in [5, 5.41) is 0.609. The summed E-state index contributed by atoms with van der Waals surface area (Å²) in [6.45, 7) is 6.72. The lowest BCUT2D eigenvalue weighted by Gasteiger charge is -2.27. The van der Waals surface area contributed by atoms with Crippen molar-refractivity contribution < 1.29 is 23.7 Å². The molecule has 0 radical (unpaired) electrons. The van der Waals surface area contributed by atoms with Crippen molar-refractivity contribution in [3.8, 4) is 17.2 Å². The average molecular weight is 486 g/mol.